The van der Waals surface area contributed by atoms with Gasteiger partial charge in [-0.15, -0.1) is 12.4 Å². The summed E-state index contributed by atoms with van der Waals surface area (Å²) >= 11 is 0. The van der Waals surface area contributed by atoms with Gasteiger partial charge in [0.25, 0.3) is 0 Å². The van der Waals surface area contributed by atoms with E-state index in [4.69, 9.17) is 9.47 Å². The van der Waals surface area contributed by atoms with E-state index in [9.17, 15) is 4.79 Å². The molecule has 0 aliphatic heterocycles. The van der Waals surface area contributed by atoms with Crippen molar-refractivity contribution in [1.82, 2.24) is 10.6 Å². The average molecular weight is 317 g/mol. The van der Waals surface area contributed by atoms with Crippen molar-refractivity contribution in [1.29, 1.82) is 0 Å². The van der Waals surface area contributed by atoms with Crippen molar-refractivity contribution in [3.63, 3.8) is 0 Å². The predicted octanol–water partition coefficient (Wildman–Crippen LogP) is 1.37. The molecule has 21 heavy (non-hydrogen) atoms. The summed E-state index contributed by atoms with van der Waals surface area (Å²) in [5.41, 5.74) is 1.13. The zero-order valence-corrected chi connectivity index (χ0v) is 13.4. The molecule has 0 saturated carbocycles. The molecule has 1 rings (SSSR count). The topological polar surface area (TPSA) is 59.6 Å². The number of amides is 1. The Hall–Kier alpha value is -1.14. The predicted molar refractivity (Wildman–Crippen MR) is 85.7 cm³/mol. The third-order valence-corrected chi connectivity index (χ3v) is 2.66. The molecule has 2 N–H and O–H groups in total. The Morgan fingerprint density at radius 2 is 2.00 bits per heavy atom. The Morgan fingerprint density at radius 3 is 2.67 bits per heavy atom. The van der Waals surface area contributed by atoms with Crippen molar-refractivity contribution < 1.29 is 14.3 Å². The molecule has 0 heterocycles. The highest BCUT2D eigenvalue weighted by atomic mass is 35.5. The molecule has 0 bridgehead atoms. The third kappa shape index (κ3) is 10.3. The molecule has 0 aromatic heterocycles. The number of hydrogen-bond acceptors (Lipinski definition) is 4. The number of nitrogens with one attached hydrogen (secondary N) is 2. The Kier molecular flexibility index (Phi) is 11.9. The SMILES string of the molecule is COCCNCC(=O)NC(C)COCc1ccccc1.Cl. The van der Waals surface area contributed by atoms with Crippen molar-refractivity contribution in [3.8, 4) is 0 Å². The molecule has 5 nitrogen and oxygen atoms in total. The van der Waals surface area contributed by atoms with E-state index < -0.39 is 0 Å². The second kappa shape index (κ2) is 12.6. The molecule has 1 amide bonds. The van der Waals surface area contributed by atoms with Crippen LogP contribution in [0.1, 0.15) is 12.5 Å². The maximum absolute atomic E-state index is 11.6. The third-order valence-electron chi connectivity index (χ3n) is 2.66. The van der Waals surface area contributed by atoms with E-state index in [1.807, 2.05) is 37.3 Å². The van der Waals surface area contributed by atoms with Gasteiger partial charge in [0.05, 0.1) is 26.4 Å². The smallest absolute Gasteiger partial charge is 0.234 e. The summed E-state index contributed by atoms with van der Waals surface area (Å²) in [6.07, 6.45) is 0. The van der Waals surface area contributed by atoms with Crippen molar-refractivity contribution in [2.45, 2.75) is 19.6 Å². The summed E-state index contributed by atoms with van der Waals surface area (Å²) in [5, 5.41) is 5.87. The second-order valence-electron chi connectivity index (χ2n) is 4.64. The molecule has 6 heteroatoms. The maximum atomic E-state index is 11.6. The van der Waals surface area contributed by atoms with Crippen LogP contribution in [0.2, 0.25) is 0 Å². The Balaban J connectivity index is 0.00000400. The van der Waals surface area contributed by atoms with E-state index in [0.717, 1.165) is 5.56 Å². The van der Waals surface area contributed by atoms with Crippen LogP contribution in [0.3, 0.4) is 0 Å². The summed E-state index contributed by atoms with van der Waals surface area (Å²) in [5.74, 6) is -0.0306. The quantitative estimate of drug-likeness (QED) is 0.640. The normalized spacial score (nSPS) is 11.5. The van der Waals surface area contributed by atoms with Crippen LogP contribution in [-0.4, -0.2) is 45.4 Å². The van der Waals surface area contributed by atoms with Crippen LogP contribution in [0.5, 0.6) is 0 Å². The minimum Gasteiger partial charge on any atom is -0.383 e. The van der Waals surface area contributed by atoms with E-state index in [1.54, 1.807) is 7.11 Å². The van der Waals surface area contributed by atoms with Gasteiger partial charge in [-0.05, 0) is 12.5 Å². The Labute approximate surface area is 132 Å². The number of hydrogen-bond donors (Lipinski definition) is 2. The zero-order valence-electron chi connectivity index (χ0n) is 12.6. The lowest BCUT2D eigenvalue weighted by Crippen LogP contribution is -2.41. The molecule has 0 fully saturated rings. The summed E-state index contributed by atoms with van der Waals surface area (Å²) in [6.45, 7) is 4.56. The molecule has 1 aromatic carbocycles. The van der Waals surface area contributed by atoms with Crippen LogP contribution in [0.15, 0.2) is 30.3 Å². The summed E-state index contributed by atoms with van der Waals surface area (Å²) in [7, 11) is 1.63. The lowest BCUT2D eigenvalue weighted by molar-refractivity contribution is -0.121. The van der Waals surface area contributed by atoms with Gasteiger partial charge in [-0.25, -0.2) is 0 Å². The van der Waals surface area contributed by atoms with Gasteiger partial charge in [0.15, 0.2) is 0 Å². The van der Waals surface area contributed by atoms with E-state index in [-0.39, 0.29) is 24.4 Å². The van der Waals surface area contributed by atoms with Crippen LogP contribution in [0.4, 0.5) is 0 Å². The standard InChI is InChI=1S/C15H24N2O3.ClH/c1-13(17-15(18)10-16-8-9-19-2)11-20-12-14-6-4-3-5-7-14;/h3-7,13,16H,8-12H2,1-2H3,(H,17,18);1H. The lowest BCUT2D eigenvalue weighted by atomic mass is 10.2. The van der Waals surface area contributed by atoms with Gasteiger partial charge >= 0.3 is 0 Å². The maximum Gasteiger partial charge on any atom is 0.234 e. The fraction of sp³-hybridized carbons (Fsp3) is 0.533. The molecular weight excluding hydrogens is 292 g/mol. The molecule has 0 aliphatic carbocycles. The molecule has 120 valence electrons. The first kappa shape index (κ1) is 19.9. The van der Waals surface area contributed by atoms with Crippen LogP contribution < -0.4 is 10.6 Å². The fourth-order valence-corrected chi connectivity index (χ4v) is 1.67. The molecular formula is C15H25ClN2O3. The minimum absolute atomic E-state index is 0. The Bertz CT molecular complexity index is 376. The molecule has 0 saturated heterocycles. The first-order valence-electron chi connectivity index (χ1n) is 6.83. The van der Waals surface area contributed by atoms with Gasteiger partial charge in [0, 0.05) is 19.7 Å². The fourth-order valence-electron chi connectivity index (χ4n) is 1.67. The Morgan fingerprint density at radius 1 is 1.29 bits per heavy atom. The molecule has 1 aromatic rings. The number of carbonyl (C=O) groups is 1. The number of rotatable bonds is 10. The van der Waals surface area contributed by atoms with E-state index in [0.29, 0.717) is 32.9 Å². The van der Waals surface area contributed by atoms with Gasteiger partial charge in [0.1, 0.15) is 0 Å². The highest BCUT2D eigenvalue weighted by molar-refractivity contribution is 5.85. The number of carbonyl (C=O) groups excluding carboxylic acids is 1. The van der Waals surface area contributed by atoms with Crippen molar-refractivity contribution in [2.75, 3.05) is 33.4 Å². The molecule has 1 unspecified atom stereocenters. The van der Waals surface area contributed by atoms with E-state index in [2.05, 4.69) is 10.6 Å². The van der Waals surface area contributed by atoms with E-state index in [1.165, 1.54) is 0 Å². The van der Waals surface area contributed by atoms with Crippen LogP contribution in [-0.2, 0) is 20.9 Å². The first-order chi connectivity index (χ1) is 9.72. The van der Waals surface area contributed by atoms with Gasteiger partial charge in [-0.2, -0.15) is 0 Å². The number of methoxy groups -OCH3 is 1. The molecule has 0 radical (unpaired) electrons. The van der Waals surface area contributed by atoms with Crippen molar-refractivity contribution in [3.05, 3.63) is 35.9 Å². The monoisotopic (exact) mass is 316 g/mol. The number of benzene rings is 1. The van der Waals surface area contributed by atoms with Gasteiger partial charge < -0.3 is 20.1 Å². The molecule has 1 atom stereocenters. The van der Waals surface area contributed by atoms with Crippen molar-refractivity contribution >= 4 is 18.3 Å². The molecule has 0 spiro atoms. The van der Waals surface area contributed by atoms with Crippen LogP contribution in [0, 0.1) is 0 Å². The summed E-state index contributed by atoms with van der Waals surface area (Å²) < 4.78 is 10.5. The van der Waals surface area contributed by atoms with Crippen LogP contribution >= 0.6 is 12.4 Å². The van der Waals surface area contributed by atoms with Gasteiger partial charge in [-0.1, -0.05) is 30.3 Å². The van der Waals surface area contributed by atoms with E-state index >= 15 is 0 Å². The lowest BCUT2D eigenvalue weighted by Gasteiger charge is -2.14. The second-order valence-corrected chi connectivity index (χ2v) is 4.64. The zero-order chi connectivity index (χ0) is 14.6. The first-order valence-corrected chi connectivity index (χ1v) is 6.83. The highest BCUT2D eigenvalue weighted by Crippen LogP contribution is 2.00. The average Bonchev–Trinajstić information content (AvgIpc) is 2.45. The van der Waals surface area contributed by atoms with Gasteiger partial charge in [0.2, 0.25) is 5.91 Å². The summed E-state index contributed by atoms with van der Waals surface area (Å²) in [4.78, 5) is 11.6. The minimum atomic E-state index is -0.0306. The van der Waals surface area contributed by atoms with Crippen LogP contribution in [0.25, 0.3) is 0 Å². The number of ether oxygens (including phenoxy) is 2. The largest absolute Gasteiger partial charge is 0.383 e. The highest BCUT2D eigenvalue weighted by Gasteiger charge is 2.06. The van der Waals surface area contributed by atoms with Crippen molar-refractivity contribution in [2.24, 2.45) is 0 Å². The summed E-state index contributed by atoms with van der Waals surface area (Å²) in [6, 6.07) is 9.97. The molecule has 0 aliphatic rings. The number of halogens is 1. The van der Waals surface area contributed by atoms with Gasteiger partial charge in [-0.3, -0.25) is 4.79 Å².